The van der Waals surface area contributed by atoms with Crippen LogP contribution in [0.4, 0.5) is 0 Å². The Morgan fingerprint density at radius 3 is 1.82 bits per heavy atom. The van der Waals surface area contributed by atoms with Gasteiger partial charge in [0.15, 0.2) is 5.78 Å². The Kier molecular flexibility index (Phi) is 16.6. The first-order chi connectivity index (χ1) is 19.0. The van der Waals surface area contributed by atoms with Gasteiger partial charge in [0.1, 0.15) is 5.75 Å². The van der Waals surface area contributed by atoms with Crippen LogP contribution in [-0.2, 0) is 11.2 Å². The second-order valence-electron chi connectivity index (χ2n) is 10.6. The highest BCUT2D eigenvalue weighted by Gasteiger charge is 2.13. The fourth-order valence-corrected chi connectivity index (χ4v) is 4.67. The molecule has 0 aliphatic rings. The van der Waals surface area contributed by atoms with E-state index in [9.17, 15) is 19.8 Å². The lowest BCUT2D eigenvalue weighted by molar-refractivity contribution is -0.122. The number of carbonyl (C=O) groups is 2. The van der Waals surface area contributed by atoms with Crippen LogP contribution in [0, 0.1) is 0 Å². The zero-order valence-electron chi connectivity index (χ0n) is 23.9. The molecule has 0 unspecified atom stereocenters. The van der Waals surface area contributed by atoms with Crippen molar-refractivity contribution >= 4 is 11.7 Å². The number of nitrogens with one attached hydrogen (secondary N) is 1. The van der Waals surface area contributed by atoms with E-state index in [0.717, 1.165) is 31.2 Å². The Morgan fingerprint density at radius 2 is 1.26 bits per heavy atom. The summed E-state index contributed by atoms with van der Waals surface area (Å²) in [6.45, 7) is 2.12. The zero-order chi connectivity index (χ0) is 28.1. The number of aliphatic hydroxyl groups excluding tert-OH is 1. The van der Waals surface area contributed by atoms with Crippen molar-refractivity contribution in [3.8, 4) is 5.75 Å². The summed E-state index contributed by atoms with van der Waals surface area (Å²) in [7, 11) is 0. The molecule has 214 valence electrons. The minimum absolute atomic E-state index is 0.0224. The molecule has 0 heterocycles. The number of hydrogen-bond acceptors (Lipinski definition) is 4. The monoisotopic (exact) mass is 535 g/mol. The van der Waals surface area contributed by atoms with E-state index in [1.54, 1.807) is 24.3 Å². The van der Waals surface area contributed by atoms with Crippen molar-refractivity contribution < 1.29 is 19.8 Å². The standard InChI is InChI=1S/C34H49NO4/c1-2-3-4-5-6-7-8-9-10-11-12-13-14-15-16-17-33(38)35-31(27-36)26-28-18-20-29(21-19-28)34(39)30-22-24-32(37)25-23-30/h9-10,18-25,31,36-37H,2-8,11-17,26-27H2,1H3,(H,35,38)/b10-9-/t31-/m1/s1. The van der Waals surface area contributed by atoms with Gasteiger partial charge in [0.05, 0.1) is 12.6 Å². The number of aromatic hydroxyl groups is 1. The van der Waals surface area contributed by atoms with Gasteiger partial charge in [-0.3, -0.25) is 9.59 Å². The Balaban J connectivity index is 1.55. The summed E-state index contributed by atoms with van der Waals surface area (Å²) in [5.74, 6) is -0.0180. The summed E-state index contributed by atoms with van der Waals surface area (Å²) in [5.41, 5.74) is 2.01. The average Bonchev–Trinajstić information content (AvgIpc) is 2.95. The van der Waals surface area contributed by atoms with Crippen molar-refractivity contribution in [3.05, 3.63) is 77.4 Å². The smallest absolute Gasteiger partial charge is 0.220 e. The molecule has 2 aromatic carbocycles. The molecule has 0 aliphatic carbocycles. The van der Waals surface area contributed by atoms with E-state index < -0.39 is 0 Å². The fourth-order valence-electron chi connectivity index (χ4n) is 4.67. The van der Waals surface area contributed by atoms with Crippen molar-refractivity contribution in [1.29, 1.82) is 0 Å². The molecule has 2 aromatic rings. The van der Waals surface area contributed by atoms with Crippen molar-refractivity contribution in [2.45, 2.75) is 109 Å². The molecule has 39 heavy (non-hydrogen) atoms. The lowest BCUT2D eigenvalue weighted by Gasteiger charge is -2.16. The SMILES string of the molecule is CCCCCCCC/C=C\CCCCCCCC(=O)N[C@@H](CO)Cc1ccc(C(=O)c2ccc(O)cc2)cc1. The number of phenolic OH excluding ortho intramolecular Hbond substituents is 1. The molecule has 0 fully saturated rings. The summed E-state index contributed by atoms with van der Waals surface area (Å²) < 4.78 is 0. The number of carbonyl (C=O) groups excluding carboxylic acids is 2. The van der Waals surface area contributed by atoms with Gasteiger partial charge in [-0.05, 0) is 68.4 Å². The number of benzene rings is 2. The van der Waals surface area contributed by atoms with Gasteiger partial charge < -0.3 is 15.5 Å². The van der Waals surface area contributed by atoms with E-state index in [-0.39, 0.29) is 30.1 Å². The van der Waals surface area contributed by atoms with Crippen LogP contribution in [0.2, 0.25) is 0 Å². The predicted octanol–water partition coefficient (Wildman–Crippen LogP) is 7.68. The second kappa shape index (κ2) is 20.0. The fraction of sp³-hybridized carbons (Fsp3) is 0.529. The highest BCUT2D eigenvalue weighted by Crippen LogP contribution is 2.16. The molecule has 1 atom stereocenters. The molecular weight excluding hydrogens is 486 g/mol. The van der Waals surface area contributed by atoms with E-state index in [2.05, 4.69) is 24.4 Å². The van der Waals surface area contributed by atoms with E-state index in [0.29, 0.717) is 24.0 Å². The Hall–Kier alpha value is -2.92. The number of aliphatic hydroxyl groups is 1. The quantitative estimate of drug-likeness (QED) is 0.0869. The molecule has 0 spiro atoms. The third-order valence-corrected chi connectivity index (χ3v) is 7.08. The first-order valence-corrected chi connectivity index (χ1v) is 15.0. The summed E-state index contributed by atoms with van der Waals surface area (Å²) in [6.07, 6.45) is 21.6. The maximum Gasteiger partial charge on any atom is 0.220 e. The average molecular weight is 536 g/mol. The van der Waals surface area contributed by atoms with Crippen LogP contribution in [0.15, 0.2) is 60.7 Å². The second-order valence-corrected chi connectivity index (χ2v) is 10.6. The normalized spacial score (nSPS) is 12.1. The molecular formula is C34H49NO4. The highest BCUT2D eigenvalue weighted by molar-refractivity contribution is 6.09. The van der Waals surface area contributed by atoms with Crippen LogP contribution in [0.1, 0.15) is 118 Å². The lowest BCUT2D eigenvalue weighted by atomic mass is 9.99. The van der Waals surface area contributed by atoms with Crippen LogP contribution >= 0.6 is 0 Å². The lowest BCUT2D eigenvalue weighted by Crippen LogP contribution is -2.39. The van der Waals surface area contributed by atoms with Crippen molar-refractivity contribution in [1.82, 2.24) is 5.32 Å². The van der Waals surface area contributed by atoms with E-state index >= 15 is 0 Å². The molecule has 0 aromatic heterocycles. The van der Waals surface area contributed by atoms with Gasteiger partial charge in [-0.1, -0.05) is 94.7 Å². The van der Waals surface area contributed by atoms with E-state index in [1.165, 1.54) is 69.9 Å². The first-order valence-electron chi connectivity index (χ1n) is 15.0. The number of allylic oxidation sites excluding steroid dienone is 2. The minimum atomic E-state index is -0.348. The van der Waals surface area contributed by atoms with Gasteiger partial charge in [0.2, 0.25) is 5.91 Å². The third-order valence-electron chi connectivity index (χ3n) is 7.08. The molecule has 0 saturated carbocycles. The van der Waals surface area contributed by atoms with Crippen LogP contribution in [0.5, 0.6) is 5.75 Å². The number of hydrogen-bond donors (Lipinski definition) is 3. The molecule has 1 amide bonds. The topological polar surface area (TPSA) is 86.6 Å². The largest absolute Gasteiger partial charge is 0.508 e. The molecule has 0 saturated heterocycles. The molecule has 5 heteroatoms. The van der Waals surface area contributed by atoms with Gasteiger partial charge in [0.25, 0.3) is 0 Å². The van der Waals surface area contributed by atoms with E-state index in [1.807, 2.05) is 12.1 Å². The van der Waals surface area contributed by atoms with Gasteiger partial charge in [0, 0.05) is 17.5 Å². The van der Waals surface area contributed by atoms with E-state index in [4.69, 9.17) is 0 Å². The van der Waals surface area contributed by atoms with Crippen LogP contribution in [0.25, 0.3) is 0 Å². The maximum atomic E-state index is 12.6. The summed E-state index contributed by atoms with van der Waals surface area (Å²) in [5, 5.41) is 22.1. The summed E-state index contributed by atoms with van der Waals surface area (Å²) in [4.78, 5) is 25.0. The number of ketones is 1. The van der Waals surface area contributed by atoms with Gasteiger partial charge in [-0.2, -0.15) is 0 Å². The van der Waals surface area contributed by atoms with Gasteiger partial charge in [-0.15, -0.1) is 0 Å². The van der Waals surface area contributed by atoms with Gasteiger partial charge >= 0.3 is 0 Å². The number of phenols is 1. The predicted molar refractivity (Wildman–Crippen MR) is 160 cm³/mol. The van der Waals surface area contributed by atoms with Crippen molar-refractivity contribution in [3.63, 3.8) is 0 Å². The van der Waals surface area contributed by atoms with Crippen molar-refractivity contribution in [2.75, 3.05) is 6.61 Å². The Bertz CT molecular complexity index is 966. The Morgan fingerprint density at radius 1 is 0.744 bits per heavy atom. The molecule has 3 N–H and O–H groups in total. The van der Waals surface area contributed by atoms with Crippen LogP contribution in [-0.4, -0.2) is 34.6 Å². The summed E-state index contributed by atoms with van der Waals surface area (Å²) in [6, 6.07) is 13.0. The summed E-state index contributed by atoms with van der Waals surface area (Å²) >= 11 is 0. The molecule has 0 radical (unpaired) electrons. The molecule has 5 nitrogen and oxygen atoms in total. The number of unbranched alkanes of at least 4 members (excludes halogenated alkanes) is 11. The molecule has 2 rings (SSSR count). The number of rotatable bonds is 21. The van der Waals surface area contributed by atoms with Crippen LogP contribution < -0.4 is 5.32 Å². The van der Waals surface area contributed by atoms with Crippen molar-refractivity contribution in [2.24, 2.45) is 0 Å². The third kappa shape index (κ3) is 14.2. The molecule has 0 aliphatic heterocycles. The zero-order valence-corrected chi connectivity index (χ0v) is 23.9. The molecule has 0 bridgehead atoms. The number of amides is 1. The maximum absolute atomic E-state index is 12.6. The van der Waals surface area contributed by atoms with Crippen LogP contribution in [0.3, 0.4) is 0 Å². The highest BCUT2D eigenvalue weighted by atomic mass is 16.3. The minimum Gasteiger partial charge on any atom is -0.508 e. The first kappa shape index (κ1) is 32.3. The Labute approximate surface area is 235 Å². The van der Waals surface area contributed by atoms with Gasteiger partial charge in [-0.25, -0.2) is 0 Å².